The summed E-state index contributed by atoms with van der Waals surface area (Å²) in [6, 6.07) is 13.1. The third kappa shape index (κ3) is 3.26. The van der Waals surface area contributed by atoms with Crippen molar-refractivity contribution in [2.24, 2.45) is 0 Å². The predicted octanol–water partition coefficient (Wildman–Crippen LogP) is 3.05. The van der Waals surface area contributed by atoms with Crippen LogP contribution in [0.15, 0.2) is 66.0 Å². The van der Waals surface area contributed by atoms with E-state index in [1.54, 1.807) is 40.7 Å². The third-order valence-corrected chi connectivity index (χ3v) is 5.12. The van der Waals surface area contributed by atoms with Crippen LogP contribution in [-0.2, 0) is 6.54 Å². The molecule has 0 radical (unpaired) electrons. The molecule has 2 aromatic carbocycles. The lowest BCUT2D eigenvalue weighted by atomic mass is 10.2. The zero-order chi connectivity index (χ0) is 17.2. The highest BCUT2D eigenvalue weighted by Gasteiger charge is 2.09. The van der Waals surface area contributed by atoms with Gasteiger partial charge in [0.1, 0.15) is 18.5 Å². The Morgan fingerprint density at radius 2 is 2.00 bits per heavy atom. The van der Waals surface area contributed by atoms with Gasteiger partial charge in [-0.15, -0.1) is 11.3 Å². The minimum atomic E-state index is -0.656. The molecule has 0 bridgehead atoms. The number of hydrogen-bond acceptors (Lipinski definition) is 5. The summed E-state index contributed by atoms with van der Waals surface area (Å²) in [5.41, 5.74) is 0.00811. The quantitative estimate of drug-likeness (QED) is 0.561. The van der Waals surface area contributed by atoms with Gasteiger partial charge in [-0.25, -0.2) is 4.98 Å². The highest BCUT2D eigenvalue weighted by atomic mass is 32.1. The monoisotopic (exact) mass is 352 g/mol. The van der Waals surface area contributed by atoms with Gasteiger partial charge in [0, 0.05) is 32.6 Å². The van der Waals surface area contributed by atoms with Gasteiger partial charge in [-0.3, -0.25) is 4.79 Å². The Balaban J connectivity index is 1.57. The van der Waals surface area contributed by atoms with Gasteiger partial charge in [-0.1, -0.05) is 12.1 Å². The topological polar surface area (TPSA) is 64.3 Å². The average Bonchev–Trinajstić information content (AvgIpc) is 3.13. The number of nitrogens with zero attached hydrogens (tertiary/aromatic N) is 2. The van der Waals surface area contributed by atoms with E-state index in [0.29, 0.717) is 17.7 Å². The minimum Gasteiger partial charge on any atom is -0.491 e. The van der Waals surface area contributed by atoms with Crippen LogP contribution >= 0.6 is 11.3 Å². The molecule has 0 saturated heterocycles. The van der Waals surface area contributed by atoms with Gasteiger partial charge in [0.15, 0.2) is 5.43 Å². The second-order valence-corrected chi connectivity index (χ2v) is 6.89. The molecular formula is C19H16N2O3S. The van der Waals surface area contributed by atoms with E-state index in [4.69, 9.17) is 4.74 Å². The maximum Gasteiger partial charge on any atom is 0.196 e. The maximum absolute atomic E-state index is 12.7. The van der Waals surface area contributed by atoms with Gasteiger partial charge in [0.05, 0.1) is 12.9 Å². The smallest absolute Gasteiger partial charge is 0.196 e. The molecule has 1 N–H and O–H groups in total. The molecule has 25 heavy (non-hydrogen) atoms. The summed E-state index contributed by atoms with van der Waals surface area (Å²) in [4.78, 5) is 16.6. The first kappa shape index (κ1) is 15.8. The van der Waals surface area contributed by atoms with Crippen molar-refractivity contribution < 1.29 is 9.84 Å². The zero-order valence-corrected chi connectivity index (χ0v) is 14.1. The number of benzene rings is 2. The number of hydrogen-bond donors (Lipinski definition) is 1. The highest BCUT2D eigenvalue weighted by Crippen LogP contribution is 2.27. The third-order valence-electron chi connectivity index (χ3n) is 3.97. The van der Waals surface area contributed by atoms with Crippen molar-refractivity contribution in [1.29, 1.82) is 0 Å². The molecule has 4 rings (SSSR count). The molecule has 0 aliphatic carbocycles. The number of ether oxygens (including phenoxy) is 1. The minimum absolute atomic E-state index is 0.00811. The van der Waals surface area contributed by atoms with Crippen molar-refractivity contribution in [1.82, 2.24) is 9.55 Å². The summed E-state index contributed by atoms with van der Waals surface area (Å²) in [7, 11) is 0. The highest BCUT2D eigenvalue weighted by molar-refractivity contribution is 7.24. The molecule has 126 valence electrons. The molecule has 0 fully saturated rings. The molecule has 0 saturated carbocycles. The van der Waals surface area contributed by atoms with Crippen molar-refractivity contribution in [2.75, 3.05) is 6.61 Å². The molecule has 5 nitrogen and oxygen atoms in total. The number of aromatic nitrogens is 2. The number of aliphatic hydroxyl groups excluding tert-OH is 1. The second kappa shape index (κ2) is 6.66. The Hall–Kier alpha value is -2.70. The summed E-state index contributed by atoms with van der Waals surface area (Å²) in [6.45, 7) is 0.558. The van der Waals surface area contributed by atoms with Crippen molar-refractivity contribution >= 4 is 31.5 Å². The first-order valence-corrected chi connectivity index (χ1v) is 8.74. The van der Waals surface area contributed by atoms with Crippen LogP contribution in [-0.4, -0.2) is 27.4 Å². The Kier molecular flexibility index (Phi) is 4.21. The van der Waals surface area contributed by atoms with Crippen LogP contribution in [0.3, 0.4) is 0 Å². The second-order valence-electron chi connectivity index (χ2n) is 5.81. The molecule has 2 heterocycles. The first-order chi connectivity index (χ1) is 12.2. The Bertz CT molecular complexity index is 1070. The zero-order valence-electron chi connectivity index (χ0n) is 13.3. The molecule has 6 heteroatoms. The van der Waals surface area contributed by atoms with E-state index in [-0.39, 0.29) is 12.0 Å². The van der Waals surface area contributed by atoms with Crippen LogP contribution < -0.4 is 10.2 Å². The summed E-state index contributed by atoms with van der Waals surface area (Å²) in [5.74, 6) is 0.580. The molecule has 1 unspecified atom stereocenters. The normalized spacial score (nSPS) is 12.5. The van der Waals surface area contributed by atoms with Crippen LogP contribution in [0.1, 0.15) is 0 Å². The lowest BCUT2D eigenvalue weighted by Gasteiger charge is -2.13. The lowest BCUT2D eigenvalue weighted by Crippen LogP contribution is -2.23. The summed E-state index contributed by atoms with van der Waals surface area (Å²) in [5, 5.41) is 11.4. The molecular weight excluding hydrogens is 336 g/mol. The molecule has 0 aliphatic heterocycles. The van der Waals surface area contributed by atoms with E-state index < -0.39 is 6.10 Å². The molecule has 4 aromatic rings. The van der Waals surface area contributed by atoms with Gasteiger partial charge >= 0.3 is 0 Å². The lowest BCUT2D eigenvalue weighted by molar-refractivity contribution is 0.0925. The van der Waals surface area contributed by atoms with Gasteiger partial charge in [0.25, 0.3) is 0 Å². The molecule has 0 amide bonds. The average molecular weight is 352 g/mol. The fraction of sp³-hybridized carbons (Fsp3) is 0.158. The number of fused-ring (bicyclic) bond motifs is 2. The maximum atomic E-state index is 12.7. The van der Waals surface area contributed by atoms with Crippen LogP contribution in [0.25, 0.3) is 20.2 Å². The Labute approximate surface area is 147 Å². The molecule has 2 aromatic heterocycles. The number of imidazole rings is 1. The Morgan fingerprint density at radius 1 is 1.16 bits per heavy atom. The molecule has 0 spiro atoms. The van der Waals surface area contributed by atoms with Gasteiger partial charge in [-0.05, 0) is 30.3 Å². The standard InChI is InChI=1S/C19H16N2O3S/c22-13(10-21-8-7-20-12-21)11-24-14-5-6-18-16(9-14)19(23)15-3-1-2-4-17(15)25-18/h1-9,12-13,22H,10-11H2. The molecule has 0 aliphatic rings. The Morgan fingerprint density at radius 3 is 2.84 bits per heavy atom. The van der Waals surface area contributed by atoms with Gasteiger partial charge < -0.3 is 14.4 Å². The SMILES string of the molecule is O=c1c2ccccc2sc2ccc(OCC(O)Cn3ccnc3)cc12. The van der Waals surface area contributed by atoms with Gasteiger partial charge in [0.2, 0.25) is 0 Å². The van der Waals surface area contributed by atoms with E-state index in [1.807, 2.05) is 36.4 Å². The van der Waals surface area contributed by atoms with E-state index in [0.717, 1.165) is 14.8 Å². The van der Waals surface area contributed by atoms with Crippen LogP contribution in [0, 0.1) is 0 Å². The summed E-state index contributed by atoms with van der Waals surface area (Å²) >= 11 is 1.59. The van der Waals surface area contributed by atoms with E-state index >= 15 is 0 Å². The molecule has 1 atom stereocenters. The van der Waals surface area contributed by atoms with Gasteiger partial charge in [-0.2, -0.15) is 0 Å². The van der Waals surface area contributed by atoms with E-state index in [2.05, 4.69) is 4.98 Å². The summed E-state index contributed by atoms with van der Waals surface area (Å²) < 4.78 is 9.37. The first-order valence-electron chi connectivity index (χ1n) is 7.93. The number of aliphatic hydroxyl groups is 1. The fourth-order valence-electron chi connectivity index (χ4n) is 2.76. The van der Waals surface area contributed by atoms with E-state index in [1.165, 1.54) is 0 Å². The predicted molar refractivity (Wildman–Crippen MR) is 99.3 cm³/mol. The van der Waals surface area contributed by atoms with Crippen LogP contribution in [0.4, 0.5) is 0 Å². The largest absolute Gasteiger partial charge is 0.491 e. The van der Waals surface area contributed by atoms with E-state index in [9.17, 15) is 9.90 Å². The van der Waals surface area contributed by atoms with Crippen molar-refractivity contribution in [3.8, 4) is 5.75 Å². The van der Waals surface area contributed by atoms with Crippen molar-refractivity contribution in [3.63, 3.8) is 0 Å². The fourth-order valence-corrected chi connectivity index (χ4v) is 3.81. The van der Waals surface area contributed by atoms with Crippen molar-refractivity contribution in [3.05, 3.63) is 71.4 Å². The van der Waals surface area contributed by atoms with Crippen molar-refractivity contribution in [2.45, 2.75) is 12.6 Å². The van der Waals surface area contributed by atoms with Crippen LogP contribution in [0.5, 0.6) is 5.75 Å². The van der Waals surface area contributed by atoms with Crippen LogP contribution in [0.2, 0.25) is 0 Å². The number of rotatable bonds is 5. The summed E-state index contributed by atoms with van der Waals surface area (Å²) in [6.07, 6.45) is 4.44.